The number of hydrogen-bond donors (Lipinski definition) is 1. The van der Waals surface area contributed by atoms with Gasteiger partial charge in [-0.2, -0.15) is 0 Å². The van der Waals surface area contributed by atoms with Crippen LogP contribution in [0.2, 0.25) is 5.02 Å². The molecule has 0 aliphatic heterocycles. The van der Waals surface area contributed by atoms with Crippen LogP contribution in [-0.2, 0) is 0 Å². The molecule has 0 aliphatic rings. The van der Waals surface area contributed by atoms with Crippen molar-refractivity contribution in [1.82, 2.24) is 5.32 Å². The molecule has 0 spiro atoms. The summed E-state index contributed by atoms with van der Waals surface area (Å²) < 4.78 is 19.1. The number of hydrogen-bond acceptors (Lipinski definition) is 2. The molecule has 0 radical (unpaired) electrons. The van der Waals surface area contributed by atoms with E-state index >= 15 is 0 Å². The second kappa shape index (κ2) is 4.68. The molecule has 1 heterocycles. The molecule has 1 aromatic carbocycles. The van der Waals surface area contributed by atoms with Crippen molar-refractivity contribution in [1.29, 1.82) is 0 Å². The lowest BCUT2D eigenvalue weighted by Gasteiger charge is -2.15. The van der Waals surface area contributed by atoms with E-state index in [1.165, 1.54) is 6.07 Å². The maximum atomic E-state index is 13.8. The molecule has 2 rings (SSSR count). The van der Waals surface area contributed by atoms with E-state index in [1.807, 2.05) is 0 Å². The van der Waals surface area contributed by atoms with Crippen molar-refractivity contribution in [2.75, 3.05) is 7.05 Å². The second-order valence-corrected chi connectivity index (χ2v) is 3.79. The molecule has 84 valence electrons. The third kappa shape index (κ3) is 1.96. The van der Waals surface area contributed by atoms with Crippen molar-refractivity contribution in [3.8, 4) is 0 Å². The summed E-state index contributed by atoms with van der Waals surface area (Å²) >= 11 is 5.74. The number of rotatable bonds is 3. The summed E-state index contributed by atoms with van der Waals surface area (Å²) in [5, 5.41) is 3.11. The fourth-order valence-electron chi connectivity index (χ4n) is 1.65. The van der Waals surface area contributed by atoms with E-state index in [1.54, 1.807) is 37.6 Å². The Hall–Kier alpha value is -1.32. The van der Waals surface area contributed by atoms with Gasteiger partial charge < -0.3 is 9.73 Å². The van der Waals surface area contributed by atoms with E-state index in [2.05, 4.69) is 5.32 Å². The highest BCUT2D eigenvalue weighted by molar-refractivity contribution is 6.30. The van der Waals surface area contributed by atoms with Gasteiger partial charge in [0.25, 0.3) is 0 Å². The van der Waals surface area contributed by atoms with Crippen molar-refractivity contribution in [3.05, 3.63) is 58.8 Å². The van der Waals surface area contributed by atoms with Crippen LogP contribution >= 0.6 is 11.6 Å². The molecule has 0 saturated carbocycles. The molecule has 4 heteroatoms. The van der Waals surface area contributed by atoms with Gasteiger partial charge in [-0.15, -0.1) is 0 Å². The molecule has 0 aliphatic carbocycles. The van der Waals surface area contributed by atoms with Crippen molar-refractivity contribution in [2.24, 2.45) is 0 Å². The summed E-state index contributed by atoms with van der Waals surface area (Å²) in [5.74, 6) is 0.239. The van der Waals surface area contributed by atoms with Crippen molar-refractivity contribution < 1.29 is 8.81 Å². The Morgan fingerprint density at radius 2 is 2.12 bits per heavy atom. The zero-order valence-corrected chi connectivity index (χ0v) is 9.46. The van der Waals surface area contributed by atoms with Gasteiger partial charge in [0.05, 0.1) is 17.3 Å². The van der Waals surface area contributed by atoms with Crippen LogP contribution in [0.25, 0.3) is 0 Å². The normalized spacial score (nSPS) is 12.7. The summed E-state index contributed by atoms with van der Waals surface area (Å²) in [4.78, 5) is 0. The molecule has 1 aromatic heterocycles. The average molecular weight is 240 g/mol. The van der Waals surface area contributed by atoms with Crippen molar-refractivity contribution >= 4 is 11.6 Å². The first-order valence-electron chi connectivity index (χ1n) is 4.88. The Bertz CT molecular complexity index is 470. The molecule has 0 bridgehead atoms. The lowest BCUT2D eigenvalue weighted by molar-refractivity contribution is 0.453. The quantitative estimate of drug-likeness (QED) is 0.888. The van der Waals surface area contributed by atoms with Crippen LogP contribution in [0.4, 0.5) is 4.39 Å². The van der Waals surface area contributed by atoms with Gasteiger partial charge in [0.2, 0.25) is 0 Å². The Kier molecular flexibility index (Phi) is 3.27. The third-order valence-electron chi connectivity index (χ3n) is 2.41. The molecular formula is C12H11ClFNO. The van der Waals surface area contributed by atoms with E-state index in [-0.39, 0.29) is 11.1 Å². The van der Waals surface area contributed by atoms with Gasteiger partial charge in [0, 0.05) is 5.56 Å². The highest BCUT2D eigenvalue weighted by Crippen LogP contribution is 2.27. The molecule has 1 unspecified atom stereocenters. The molecule has 2 nitrogen and oxygen atoms in total. The second-order valence-electron chi connectivity index (χ2n) is 3.38. The SMILES string of the molecule is CNC(c1ccco1)c1cccc(Cl)c1F. The Morgan fingerprint density at radius 3 is 2.75 bits per heavy atom. The van der Waals surface area contributed by atoms with E-state index in [0.717, 1.165) is 0 Å². The van der Waals surface area contributed by atoms with Gasteiger partial charge in [-0.25, -0.2) is 4.39 Å². The average Bonchev–Trinajstić information content (AvgIpc) is 2.79. The monoisotopic (exact) mass is 239 g/mol. The maximum Gasteiger partial charge on any atom is 0.147 e. The fraction of sp³-hybridized carbons (Fsp3) is 0.167. The molecular weight excluding hydrogens is 229 g/mol. The van der Waals surface area contributed by atoms with Gasteiger partial charge in [-0.3, -0.25) is 0 Å². The molecule has 1 atom stereocenters. The fourth-order valence-corrected chi connectivity index (χ4v) is 1.83. The van der Waals surface area contributed by atoms with Crippen LogP contribution in [0.5, 0.6) is 0 Å². The van der Waals surface area contributed by atoms with Crippen molar-refractivity contribution in [2.45, 2.75) is 6.04 Å². The molecule has 0 fully saturated rings. The van der Waals surface area contributed by atoms with Crippen LogP contribution in [-0.4, -0.2) is 7.05 Å². The minimum Gasteiger partial charge on any atom is -0.467 e. The molecule has 0 amide bonds. The van der Waals surface area contributed by atoms with E-state index in [9.17, 15) is 4.39 Å². The lowest BCUT2D eigenvalue weighted by atomic mass is 10.0. The first-order valence-corrected chi connectivity index (χ1v) is 5.26. The Balaban J connectivity index is 2.45. The van der Waals surface area contributed by atoms with Gasteiger partial charge in [-0.05, 0) is 25.2 Å². The zero-order valence-electron chi connectivity index (χ0n) is 8.71. The highest BCUT2D eigenvalue weighted by atomic mass is 35.5. The first kappa shape index (κ1) is 11.2. The predicted molar refractivity (Wildman–Crippen MR) is 61.0 cm³/mol. The van der Waals surface area contributed by atoms with Gasteiger partial charge in [-0.1, -0.05) is 23.7 Å². The molecule has 2 aromatic rings. The number of halogens is 2. The minimum absolute atomic E-state index is 0.115. The molecule has 0 saturated heterocycles. The maximum absolute atomic E-state index is 13.8. The van der Waals surface area contributed by atoms with Crippen LogP contribution in [0.3, 0.4) is 0 Å². The summed E-state index contributed by atoms with van der Waals surface area (Å²) in [7, 11) is 1.74. The number of furan rings is 1. The lowest BCUT2D eigenvalue weighted by Crippen LogP contribution is -2.18. The van der Waals surface area contributed by atoms with E-state index in [0.29, 0.717) is 11.3 Å². The van der Waals surface area contributed by atoms with Gasteiger partial charge in [0.1, 0.15) is 11.6 Å². The summed E-state index contributed by atoms with van der Waals surface area (Å²) in [6, 6.07) is 8.16. The number of benzene rings is 1. The molecule has 16 heavy (non-hydrogen) atoms. The van der Waals surface area contributed by atoms with Crippen LogP contribution in [0, 0.1) is 5.82 Å². The highest BCUT2D eigenvalue weighted by Gasteiger charge is 2.19. The third-order valence-corrected chi connectivity index (χ3v) is 2.70. The number of nitrogens with one attached hydrogen (secondary N) is 1. The standard InChI is InChI=1S/C12H11ClFNO/c1-15-12(10-6-3-7-16-10)8-4-2-5-9(13)11(8)14/h2-7,12,15H,1H3. The van der Waals surface area contributed by atoms with Crippen LogP contribution in [0.15, 0.2) is 41.0 Å². The van der Waals surface area contributed by atoms with E-state index in [4.69, 9.17) is 16.0 Å². The summed E-state index contributed by atoms with van der Waals surface area (Å²) in [5.41, 5.74) is 0.477. The molecule has 1 N–H and O–H groups in total. The Morgan fingerprint density at radius 1 is 1.31 bits per heavy atom. The largest absolute Gasteiger partial charge is 0.467 e. The van der Waals surface area contributed by atoms with Gasteiger partial charge >= 0.3 is 0 Å². The van der Waals surface area contributed by atoms with E-state index < -0.39 is 5.82 Å². The topological polar surface area (TPSA) is 25.2 Å². The smallest absolute Gasteiger partial charge is 0.147 e. The van der Waals surface area contributed by atoms with Crippen molar-refractivity contribution in [3.63, 3.8) is 0 Å². The minimum atomic E-state index is -0.417. The van der Waals surface area contributed by atoms with Gasteiger partial charge in [0.15, 0.2) is 0 Å². The zero-order chi connectivity index (χ0) is 11.5. The van der Waals surface area contributed by atoms with Crippen LogP contribution < -0.4 is 5.32 Å². The summed E-state index contributed by atoms with van der Waals surface area (Å²) in [6.45, 7) is 0. The van der Waals surface area contributed by atoms with Crippen LogP contribution in [0.1, 0.15) is 17.4 Å². The summed E-state index contributed by atoms with van der Waals surface area (Å²) in [6.07, 6.45) is 1.56. The predicted octanol–water partition coefficient (Wildman–Crippen LogP) is 3.38. The first-order chi connectivity index (χ1) is 7.74. The Labute approximate surface area is 98.0 Å².